The largest absolute Gasteiger partial charge is 0.465 e. The van der Waals surface area contributed by atoms with E-state index in [2.05, 4.69) is 10.3 Å². The number of rotatable bonds is 5. The summed E-state index contributed by atoms with van der Waals surface area (Å²) in [6, 6.07) is 11.8. The Balaban J connectivity index is 1.80. The third-order valence-corrected chi connectivity index (χ3v) is 6.30. The minimum atomic E-state index is -0.622. The highest BCUT2D eigenvalue weighted by Gasteiger charge is 2.35. The predicted molar refractivity (Wildman–Crippen MR) is 123 cm³/mol. The number of anilines is 1. The van der Waals surface area contributed by atoms with Crippen LogP contribution in [-0.2, 0) is 14.3 Å². The van der Waals surface area contributed by atoms with Crippen LogP contribution in [0.4, 0.5) is 11.4 Å². The molecule has 1 N–H and O–H groups in total. The van der Waals surface area contributed by atoms with Gasteiger partial charge in [-0.3, -0.25) is 14.5 Å². The maximum absolute atomic E-state index is 12.8. The van der Waals surface area contributed by atoms with Gasteiger partial charge >= 0.3 is 5.97 Å². The number of halogens is 1. The van der Waals surface area contributed by atoms with Gasteiger partial charge in [0.2, 0.25) is 11.8 Å². The topological polar surface area (TPSA) is 88.1 Å². The normalized spacial score (nSPS) is 17.5. The molecule has 1 atom stereocenters. The van der Waals surface area contributed by atoms with Gasteiger partial charge in [-0.05, 0) is 55.8 Å². The first kappa shape index (κ1) is 22.8. The number of nitrogens with one attached hydrogen (secondary N) is 1. The summed E-state index contributed by atoms with van der Waals surface area (Å²) in [5.41, 5.74) is 2.45. The summed E-state index contributed by atoms with van der Waals surface area (Å²) in [7, 11) is 1.32. The Hall–Kier alpha value is -2.84. The number of esters is 1. The predicted octanol–water partition coefficient (Wildman–Crippen LogP) is 4.42. The number of benzene rings is 2. The summed E-state index contributed by atoms with van der Waals surface area (Å²) < 4.78 is 4.69. The van der Waals surface area contributed by atoms with E-state index in [1.165, 1.54) is 18.9 Å². The van der Waals surface area contributed by atoms with Crippen LogP contribution in [0.5, 0.6) is 0 Å². The first-order valence-electron chi connectivity index (χ1n) is 9.63. The number of aliphatic imine (C=N–C) groups is 1. The Labute approximate surface area is 189 Å². The van der Waals surface area contributed by atoms with Crippen molar-refractivity contribution in [2.24, 2.45) is 4.99 Å². The van der Waals surface area contributed by atoms with Crippen LogP contribution in [0.15, 0.2) is 47.5 Å². The molecule has 1 saturated heterocycles. The van der Waals surface area contributed by atoms with E-state index < -0.39 is 11.2 Å². The van der Waals surface area contributed by atoms with E-state index in [4.69, 9.17) is 16.3 Å². The van der Waals surface area contributed by atoms with Crippen molar-refractivity contribution in [3.8, 4) is 0 Å². The number of hydrogen-bond acceptors (Lipinski definition) is 6. The SMILES string of the molecule is CCN1C(=O)CC(C(=O)Nc2ccc(C)c(Cl)c2)SC1=Nc1ccc(C(=O)OC)cc1. The summed E-state index contributed by atoms with van der Waals surface area (Å²) in [5, 5.41) is 3.19. The van der Waals surface area contributed by atoms with Gasteiger partial charge in [0, 0.05) is 23.7 Å². The molecule has 0 radical (unpaired) electrons. The molecule has 2 amide bonds. The number of thioether (sulfide) groups is 1. The number of amides is 2. The van der Waals surface area contributed by atoms with Gasteiger partial charge in [-0.1, -0.05) is 29.4 Å². The number of nitrogens with zero attached hydrogens (tertiary/aromatic N) is 2. The second-order valence-electron chi connectivity index (χ2n) is 6.83. The molecular weight excluding hydrogens is 438 g/mol. The van der Waals surface area contributed by atoms with E-state index in [-0.39, 0.29) is 18.2 Å². The molecule has 7 nitrogen and oxygen atoms in total. The highest BCUT2D eigenvalue weighted by Crippen LogP contribution is 2.30. The molecule has 1 aliphatic heterocycles. The lowest BCUT2D eigenvalue weighted by Gasteiger charge is -2.31. The fraction of sp³-hybridized carbons (Fsp3) is 0.273. The van der Waals surface area contributed by atoms with Crippen LogP contribution in [0.2, 0.25) is 5.02 Å². The van der Waals surface area contributed by atoms with Gasteiger partial charge in [-0.2, -0.15) is 0 Å². The molecule has 1 aliphatic rings. The third kappa shape index (κ3) is 5.45. The highest BCUT2D eigenvalue weighted by atomic mass is 35.5. The summed E-state index contributed by atoms with van der Waals surface area (Å²) in [6.45, 7) is 4.17. The van der Waals surface area contributed by atoms with Crippen molar-refractivity contribution in [2.75, 3.05) is 19.0 Å². The summed E-state index contributed by atoms with van der Waals surface area (Å²) in [6.07, 6.45) is 0.0736. The number of aryl methyl sites for hydroxylation is 1. The smallest absolute Gasteiger partial charge is 0.337 e. The van der Waals surface area contributed by atoms with Gasteiger partial charge in [-0.15, -0.1) is 0 Å². The van der Waals surface area contributed by atoms with Gasteiger partial charge in [0.25, 0.3) is 0 Å². The van der Waals surface area contributed by atoms with E-state index in [1.54, 1.807) is 41.3 Å². The molecule has 9 heteroatoms. The van der Waals surface area contributed by atoms with Crippen LogP contribution < -0.4 is 5.32 Å². The van der Waals surface area contributed by atoms with E-state index in [1.807, 2.05) is 19.9 Å². The molecule has 1 fully saturated rings. The van der Waals surface area contributed by atoms with Crippen molar-refractivity contribution in [1.82, 2.24) is 4.90 Å². The van der Waals surface area contributed by atoms with E-state index in [0.717, 1.165) is 5.56 Å². The number of carbonyl (C=O) groups is 3. The molecule has 1 unspecified atom stereocenters. The highest BCUT2D eigenvalue weighted by molar-refractivity contribution is 8.15. The standard InChI is InChI=1S/C22H22ClN3O4S/c1-4-26-19(27)12-18(20(28)24-16-8-5-13(2)17(23)11-16)31-22(26)25-15-9-6-14(7-10-15)21(29)30-3/h5-11,18H,4,12H2,1-3H3,(H,24,28). The average molecular weight is 460 g/mol. The average Bonchev–Trinajstić information content (AvgIpc) is 2.76. The molecule has 0 aliphatic carbocycles. The van der Waals surface area contributed by atoms with Gasteiger partial charge in [0.15, 0.2) is 5.17 Å². The zero-order valence-electron chi connectivity index (χ0n) is 17.3. The lowest BCUT2D eigenvalue weighted by molar-refractivity contribution is -0.129. The molecule has 0 saturated carbocycles. The molecule has 2 aromatic carbocycles. The molecular formula is C22H22ClN3O4S. The maximum Gasteiger partial charge on any atom is 0.337 e. The number of amidine groups is 1. The van der Waals surface area contributed by atoms with Crippen molar-refractivity contribution in [3.63, 3.8) is 0 Å². The van der Waals surface area contributed by atoms with Crippen molar-refractivity contribution in [3.05, 3.63) is 58.6 Å². The monoisotopic (exact) mass is 459 g/mol. The Morgan fingerprint density at radius 1 is 1.26 bits per heavy atom. The van der Waals surface area contributed by atoms with Gasteiger partial charge in [0.1, 0.15) is 5.25 Å². The Kier molecular flexibility index (Phi) is 7.35. The Bertz CT molecular complexity index is 1040. The Morgan fingerprint density at radius 3 is 2.58 bits per heavy atom. The molecule has 0 aromatic heterocycles. The quantitative estimate of drug-likeness (QED) is 0.669. The fourth-order valence-corrected chi connectivity index (χ4v) is 4.29. The molecule has 162 valence electrons. The van der Waals surface area contributed by atoms with Crippen LogP contribution in [0.3, 0.4) is 0 Å². The summed E-state index contributed by atoms with van der Waals surface area (Å²) in [4.78, 5) is 43.1. The number of methoxy groups -OCH3 is 1. The second kappa shape index (κ2) is 9.98. The van der Waals surface area contributed by atoms with Crippen molar-refractivity contribution in [1.29, 1.82) is 0 Å². The van der Waals surface area contributed by atoms with Crippen LogP contribution in [-0.4, -0.2) is 46.8 Å². The number of carbonyl (C=O) groups excluding carboxylic acids is 3. The lowest BCUT2D eigenvalue weighted by atomic mass is 10.2. The Morgan fingerprint density at radius 2 is 1.97 bits per heavy atom. The zero-order valence-corrected chi connectivity index (χ0v) is 18.9. The molecule has 3 rings (SSSR count). The van der Waals surface area contributed by atoms with Crippen LogP contribution >= 0.6 is 23.4 Å². The molecule has 0 bridgehead atoms. The van der Waals surface area contributed by atoms with Crippen molar-refractivity contribution in [2.45, 2.75) is 25.5 Å². The number of hydrogen-bond donors (Lipinski definition) is 1. The van der Waals surface area contributed by atoms with Crippen molar-refractivity contribution < 1.29 is 19.1 Å². The number of ether oxygens (including phenoxy) is 1. The van der Waals surface area contributed by atoms with E-state index in [0.29, 0.717) is 33.7 Å². The molecule has 0 spiro atoms. The second-order valence-corrected chi connectivity index (χ2v) is 8.41. The van der Waals surface area contributed by atoms with E-state index >= 15 is 0 Å². The first-order chi connectivity index (χ1) is 14.8. The van der Waals surface area contributed by atoms with Crippen LogP contribution in [0, 0.1) is 6.92 Å². The molecule has 31 heavy (non-hydrogen) atoms. The fourth-order valence-electron chi connectivity index (χ4n) is 2.95. The first-order valence-corrected chi connectivity index (χ1v) is 10.9. The van der Waals surface area contributed by atoms with Gasteiger partial charge in [0.05, 0.1) is 18.4 Å². The molecule has 2 aromatic rings. The van der Waals surface area contributed by atoms with Gasteiger partial charge in [-0.25, -0.2) is 9.79 Å². The zero-order chi connectivity index (χ0) is 22.5. The summed E-state index contributed by atoms with van der Waals surface area (Å²) >= 11 is 7.36. The van der Waals surface area contributed by atoms with Crippen LogP contribution in [0.25, 0.3) is 0 Å². The summed E-state index contributed by atoms with van der Waals surface area (Å²) in [5.74, 6) is -0.902. The van der Waals surface area contributed by atoms with Crippen LogP contribution in [0.1, 0.15) is 29.3 Å². The third-order valence-electron chi connectivity index (χ3n) is 4.70. The minimum Gasteiger partial charge on any atom is -0.465 e. The molecule has 1 heterocycles. The maximum atomic E-state index is 12.8. The van der Waals surface area contributed by atoms with E-state index in [9.17, 15) is 14.4 Å². The minimum absolute atomic E-state index is 0.0736. The van der Waals surface area contributed by atoms with Crippen molar-refractivity contribution >= 4 is 57.7 Å². The van der Waals surface area contributed by atoms with Gasteiger partial charge < -0.3 is 10.1 Å². The lowest BCUT2D eigenvalue weighted by Crippen LogP contribution is -2.45.